The van der Waals surface area contributed by atoms with Crippen LogP contribution in [0.5, 0.6) is 0 Å². The minimum absolute atomic E-state index is 0.0745. The highest BCUT2D eigenvalue weighted by Crippen LogP contribution is 2.38. The van der Waals surface area contributed by atoms with E-state index in [4.69, 9.17) is 4.98 Å². The first-order valence-electron chi connectivity index (χ1n) is 10.2. The number of rotatable bonds is 3. The summed E-state index contributed by atoms with van der Waals surface area (Å²) in [5.41, 5.74) is 4.56. The van der Waals surface area contributed by atoms with Crippen molar-refractivity contribution >= 4 is 34.4 Å². The molecule has 1 aromatic carbocycles. The molecule has 2 atom stereocenters. The lowest BCUT2D eigenvalue weighted by Gasteiger charge is -2.20. The van der Waals surface area contributed by atoms with Crippen molar-refractivity contribution in [2.75, 3.05) is 29.5 Å². The van der Waals surface area contributed by atoms with Gasteiger partial charge in [0.2, 0.25) is 0 Å². The molecule has 0 radical (unpaired) electrons. The molecule has 150 valence electrons. The van der Waals surface area contributed by atoms with Crippen LogP contribution in [0.1, 0.15) is 31.1 Å². The fourth-order valence-electron chi connectivity index (χ4n) is 4.37. The molecule has 29 heavy (non-hydrogen) atoms. The number of nitrogens with one attached hydrogen (secondary N) is 1. The molecule has 0 bridgehead atoms. The van der Waals surface area contributed by atoms with Crippen molar-refractivity contribution in [3.63, 3.8) is 0 Å². The number of nitrogens with zero attached hydrogens (tertiary/aromatic N) is 3. The third kappa shape index (κ3) is 3.33. The number of benzene rings is 1. The van der Waals surface area contributed by atoms with E-state index in [0.717, 1.165) is 36.2 Å². The fraction of sp³-hybridized carbons (Fsp3) is 0.435. The lowest BCUT2D eigenvalue weighted by atomic mass is 9.87. The second-order valence-electron chi connectivity index (χ2n) is 9.25. The molecule has 1 N–H and O–H groups in total. The molecule has 0 saturated carbocycles. The Kier molecular flexibility index (Phi) is 4.42. The number of fused-ring (bicyclic) bond motifs is 2. The smallest absolute Gasteiger partial charge is 0.171 e. The summed E-state index contributed by atoms with van der Waals surface area (Å²) in [6.07, 6.45) is 3.53. The largest absolute Gasteiger partial charge is 0.371 e. The fourth-order valence-corrected chi connectivity index (χ4v) is 5.86. The molecule has 2 aliphatic rings. The topological polar surface area (TPSA) is 61.9 Å². The predicted octanol–water partition coefficient (Wildman–Crippen LogP) is 4.65. The van der Waals surface area contributed by atoms with Gasteiger partial charge in [-0.1, -0.05) is 32.9 Å². The number of carbonyl (C=O) groups is 1. The van der Waals surface area contributed by atoms with Crippen LogP contribution < -0.4 is 4.90 Å². The molecule has 0 spiro atoms. The summed E-state index contributed by atoms with van der Waals surface area (Å²) in [4.78, 5) is 27.8. The molecule has 5 rings (SSSR count). The zero-order valence-electron chi connectivity index (χ0n) is 17.1. The van der Waals surface area contributed by atoms with E-state index < -0.39 is 5.41 Å². The Morgan fingerprint density at radius 1 is 1.21 bits per heavy atom. The summed E-state index contributed by atoms with van der Waals surface area (Å²) in [5, 5.41) is 0. The van der Waals surface area contributed by atoms with Gasteiger partial charge in [0.15, 0.2) is 11.4 Å². The minimum atomic E-state index is -0.459. The first kappa shape index (κ1) is 18.7. The van der Waals surface area contributed by atoms with E-state index >= 15 is 0 Å². The molecular formula is C23H26N4OS. The van der Waals surface area contributed by atoms with Gasteiger partial charge in [-0.15, -0.1) is 0 Å². The SMILES string of the molecule is CC(C)(C)C(=O)c1c[nH]c2ncc(-c3cccc(N4CC5CSCC5C4)c3)nc12. The number of Topliss-reactive ketones (excluding diaryl/α,β-unsaturated/α-hetero) is 1. The Labute approximate surface area is 175 Å². The van der Waals surface area contributed by atoms with Crippen LogP contribution in [-0.2, 0) is 0 Å². The molecule has 2 saturated heterocycles. The standard InChI is InChI=1S/C23H26N4OS/c1-23(2,3)21(28)18-8-24-22-20(18)26-19(9-25-22)14-5-4-6-17(7-14)27-10-15-12-29-13-16(15)11-27/h4-9,15-16H,10-13H2,1-3H3,(H,24,25). The number of aromatic nitrogens is 3. The normalized spacial score (nSPS) is 21.7. The summed E-state index contributed by atoms with van der Waals surface area (Å²) in [7, 11) is 0. The van der Waals surface area contributed by atoms with Crippen LogP contribution in [0.15, 0.2) is 36.7 Å². The first-order chi connectivity index (χ1) is 13.9. The molecule has 4 heterocycles. The number of carbonyl (C=O) groups excluding carboxylic acids is 1. The van der Waals surface area contributed by atoms with Gasteiger partial charge >= 0.3 is 0 Å². The quantitative estimate of drug-likeness (QED) is 0.642. The van der Waals surface area contributed by atoms with E-state index in [0.29, 0.717) is 16.7 Å². The summed E-state index contributed by atoms with van der Waals surface area (Å²) in [6, 6.07) is 8.57. The average molecular weight is 407 g/mol. The lowest BCUT2D eigenvalue weighted by molar-refractivity contribution is 0.0860. The van der Waals surface area contributed by atoms with Gasteiger partial charge in [0.05, 0.1) is 17.5 Å². The summed E-state index contributed by atoms with van der Waals surface area (Å²) in [5.74, 6) is 4.31. The number of thioether (sulfide) groups is 1. The first-order valence-corrected chi connectivity index (χ1v) is 11.4. The van der Waals surface area contributed by atoms with E-state index in [1.54, 1.807) is 12.4 Å². The lowest BCUT2D eigenvalue weighted by Crippen LogP contribution is -2.21. The highest BCUT2D eigenvalue weighted by Gasteiger charge is 2.36. The molecule has 2 aromatic heterocycles. The van der Waals surface area contributed by atoms with Crippen molar-refractivity contribution in [1.82, 2.24) is 15.0 Å². The van der Waals surface area contributed by atoms with Gasteiger partial charge in [0, 0.05) is 36.0 Å². The van der Waals surface area contributed by atoms with Crippen LogP contribution >= 0.6 is 11.8 Å². The Morgan fingerprint density at radius 2 is 1.97 bits per heavy atom. The minimum Gasteiger partial charge on any atom is -0.371 e. The van der Waals surface area contributed by atoms with Crippen LogP contribution in [0.25, 0.3) is 22.4 Å². The average Bonchev–Trinajstić information content (AvgIpc) is 3.40. The molecule has 6 heteroatoms. The molecular weight excluding hydrogens is 380 g/mol. The van der Waals surface area contributed by atoms with Crippen molar-refractivity contribution in [1.29, 1.82) is 0 Å². The van der Waals surface area contributed by atoms with Gasteiger partial charge < -0.3 is 9.88 Å². The zero-order chi connectivity index (χ0) is 20.2. The van der Waals surface area contributed by atoms with Crippen LogP contribution in [0, 0.1) is 17.3 Å². The maximum absolute atomic E-state index is 12.8. The molecule has 2 unspecified atom stereocenters. The van der Waals surface area contributed by atoms with E-state index in [9.17, 15) is 4.79 Å². The van der Waals surface area contributed by atoms with Crippen molar-refractivity contribution < 1.29 is 4.79 Å². The summed E-state index contributed by atoms with van der Waals surface area (Å²) in [6.45, 7) is 8.08. The van der Waals surface area contributed by atoms with Crippen LogP contribution in [-0.4, -0.2) is 45.3 Å². The van der Waals surface area contributed by atoms with Crippen molar-refractivity contribution in [3.8, 4) is 11.3 Å². The number of hydrogen-bond donors (Lipinski definition) is 1. The van der Waals surface area contributed by atoms with Crippen molar-refractivity contribution in [2.24, 2.45) is 17.3 Å². The van der Waals surface area contributed by atoms with E-state index in [-0.39, 0.29) is 5.78 Å². The Morgan fingerprint density at radius 3 is 2.69 bits per heavy atom. The van der Waals surface area contributed by atoms with Crippen molar-refractivity contribution in [3.05, 3.63) is 42.2 Å². The Balaban J connectivity index is 1.49. The number of anilines is 1. The van der Waals surface area contributed by atoms with Crippen LogP contribution in [0.4, 0.5) is 5.69 Å². The molecule has 0 aliphatic carbocycles. The zero-order valence-corrected chi connectivity index (χ0v) is 17.9. The Bertz CT molecular complexity index is 1070. The Hall–Kier alpha value is -2.34. The van der Waals surface area contributed by atoms with Gasteiger partial charge in [-0.3, -0.25) is 4.79 Å². The summed E-state index contributed by atoms with van der Waals surface area (Å²) < 4.78 is 0. The molecule has 5 nitrogen and oxygen atoms in total. The molecule has 0 amide bonds. The van der Waals surface area contributed by atoms with Gasteiger partial charge in [-0.25, -0.2) is 9.97 Å². The predicted molar refractivity (Wildman–Crippen MR) is 120 cm³/mol. The van der Waals surface area contributed by atoms with Crippen LogP contribution in [0.3, 0.4) is 0 Å². The monoisotopic (exact) mass is 406 g/mol. The number of aromatic amines is 1. The molecule has 2 aliphatic heterocycles. The van der Waals surface area contributed by atoms with E-state index in [2.05, 4.69) is 50.9 Å². The molecule has 2 fully saturated rings. The van der Waals surface area contributed by atoms with Crippen LogP contribution in [0.2, 0.25) is 0 Å². The van der Waals surface area contributed by atoms with Gasteiger partial charge in [-0.2, -0.15) is 11.8 Å². The summed E-state index contributed by atoms with van der Waals surface area (Å²) >= 11 is 2.10. The molecule has 3 aromatic rings. The van der Waals surface area contributed by atoms with E-state index in [1.165, 1.54) is 17.2 Å². The second-order valence-corrected chi connectivity index (χ2v) is 10.3. The van der Waals surface area contributed by atoms with Gasteiger partial charge in [-0.05, 0) is 35.5 Å². The second kappa shape index (κ2) is 6.87. The maximum Gasteiger partial charge on any atom is 0.171 e. The maximum atomic E-state index is 12.8. The highest BCUT2D eigenvalue weighted by atomic mass is 32.2. The number of hydrogen-bond acceptors (Lipinski definition) is 5. The van der Waals surface area contributed by atoms with Crippen molar-refractivity contribution in [2.45, 2.75) is 20.8 Å². The number of H-pyrrole nitrogens is 1. The van der Waals surface area contributed by atoms with Gasteiger partial charge in [0.1, 0.15) is 5.52 Å². The van der Waals surface area contributed by atoms with Gasteiger partial charge in [0.25, 0.3) is 0 Å². The third-order valence-electron chi connectivity index (χ3n) is 6.05. The number of ketones is 1. The third-order valence-corrected chi connectivity index (χ3v) is 7.38. The highest BCUT2D eigenvalue weighted by molar-refractivity contribution is 7.99. The van der Waals surface area contributed by atoms with E-state index in [1.807, 2.05) is 20.8 Å².